The molecule has 1 aliphatic carbocycles. The van der Waals surface area contributed by atoms with Gasteiger partial charge in [0.1, 0.15) is 0 Å². The molecule has 0 aromatic heterocycles. The van der Waals surface area contributed by atoms with Crippen LogP contribution in [0.4, 0.5) is 13.2 Å². The van der Waals surface area contributed by atoms with E-state index in [1.165, 1.54) is 0 Å². The summed E-state index contributed by atoms with van der Waals surface area (Å²) in [5, 5.41) is 3.07. The van der Waals surface area contributed by atoms with Crippen molar-refractivity contribution in [2.24, 2.45) is 0 Å². The topological polar surface area (TPSA) is 21.3 Å². The largest absolute Gasteiger partial charge is 0.389 e. The lowest BCUT2D eigenvalue weighted by Gasteiger charge is -2.40. The Bertz CT molecular complexity index is 248. The summed E-state index contributed by atoms with van der Waals surface area (Å²) >= 11 is 0. The van der Waals surface area contributed by atoms with Gasteiger partial charge in [-0.2, -0.15) is 13.2 Å². The monoisotopic (exact) mass is 281 g/mol. The van der Waals surface area contributed by atoms with Crippen LogP contribution in [-0.4, -0.2) is 31.5 Å². The molecule has 19 heavy (non-hydrogen) atoms. The lowest BCUT2D eigenvalue weighted by Crippen LogP contribution is -2.51. The summed E-state index contributed by atoms with van der Waals surface area (Å²) in [7, 11) is 1.74. The Hall–Kier alpha value is -0.290. The molecule has 1 aliphatic rings. The molecule has 1 N–H and O–H groups in total. The van der Waals surface area contributed by atoms with Crippen LogP contribution in [-0.2, 0) is 4.74 Å². The second kappa shape index (κ2) is 7.48. The minimum atomic E-state index is -4.09. The van der Waals surface area contributed by atoms with Crippen molar-refractivity contribution < 1.29 is 17.9 Å². The molecule has 0 saturated heterocycles. The standard InChI is InChI=1S/C14H26F3NO/c1-3-19-13(9-6-4-5-7-10-13)12(18-2)8-11-14(15,16)17/h12,18H,3-11H2,1-2H3. The highest BCUT2D eigenvalue weighted by molar-refractivity contribution is 4.94. The Morgan fingerprint density at radius 3 is 2.16 bits per heavy atom. The van der Waals surface area contributed by atoms with Crippen molar-refractivity contribution in [3.05, 3.63) is 0 Å². The van der Waals surface area contributed by atoms with E-state index in [0.29, 0.717) is 6.61 Å². The van der Waals surface area contributed by atoms with Gasteiger partial charge in [0.2, 0.25) is 0 Å². The van der Waals surface area contributed by atoms with Crippen molar-refractivity contribution in [1.82, 2.24) is 5.32 Å². The molecule has 1 unspecified atom stereocenters. The summed E-state index contributed by atoms with van der Waals surface area (Å²) < 4.78 is 43.3. The Kier molecular flexibility index (Phi) is 6.60. The molecule has 114 valence electrons. The van der Waals surface area contributed by atoms with Crippen LogP contribution in [0.2, 0.25) is 0 Å². The molecular formula is C14H26F3NO. The highest BCUT2D eigenvalue weighted by Crippen LogP contribution is 2.36. The van der Waals surface area contributed by atoms with Crippen molar-refractivity contribution in [3.8, 4) is 0 Å². The number of likely N-dealkylation sites (N-methyl/N-ethyl adjacent to an activating group) is 1. The number of nitrogens with one attached hydrogen (secondary N) is 1. The fourth-order valence-corrected chi connectivity index (χ4v) is 3.19. The number of ether oxygens (including phenoxy) is 1. The number of rotatable bonds is 6. The van der Waals surface area contributed by atoms with Crippen LogP contribution >= 0.6 is 0 Å². The molecule has 0 amide bonds. The van der Waals surface area contributed by atoms with Gasteiger partial charge in [-0.3, -0.25) is 0 Å². The predicted octanol–water partition coefficient (Wildman–Crippen LogP) is 4.05. The minimum Gasteiger partial charge on any atom is -0.374 e. The van der Waals surface area contributed by atoms with Crippen LogP contribution in [0.25, 0.3) is 0 Å². The molecule has 0 radical (unpaired) electrons. The average molecular weight is 281 g/mol. The predicted molar refractivity (Wildman–Crippen MR) is 70.2 cm³/mol. The second-order valence-corrected chi connectivity index (χ2v) is 5.41. The van der Waals surface area contributed by atoms with E-state index in [0.717, 1.165) is 38.5 Å². The van der Waals surface area contributed by atoms with Crippen molar-refractivity contribution in [2.45, 2.75) is 76.1 Å². The first kappa shape index (κ1) is 16.8. The maximum atomic E-state index is 12.4. The zero-order chi connectivity index (χ0) is 14.4. The van der Waals surface area contributed by atoms with Crippen LogP contribution in [0.5, 0.6) is 0 Å². The van der Waals surface area contributed by atoms with Crippen LogP contribution in [0.1, 0.15) is 58.3 Å². The maximum Gasteiger partial charge on any atom is 0.389 e. The van der Waals surface area contributed by atoms with Crippen LogP contribution in [0.15, 0.2) is 0 Å². The number of hydrogen-bond donors (Lipinski definition) is 1. The third-order valence-electron chi connectivity index (χ3n) is 4.08. The van der Waals surface area contributed by atoms with Gasteiger partial charge in [-0.05, 0) is 33.2 Å². The van der Waals surface area contributed by atoms with E-state index in [1.54, 1.807) is 7.05 Å². The molecule has 1 saturated carbocycles. The molecule has 0 heterocycles. The number of halogens is 3. The van der Waals surface area contributed by atoms with Crippen molar-refractivity contribution in [2.75, 3.05) is 13.7 Å². The fourth-order valence-electron chi connectivity index (χ4n) is 3.19. The van der Waals surface area contributed by atoms with Gasteiger partial charge in [-0.1, -0.05) is 25.7 Å². The smallest absolute Gasteiger partial charge is 0.374 e. The summed E-state index contributed by atoms with van der Waals surface area (Å²) in [6, 6.07) is -0.216. The van der Waals surface area contributed by atoms with E-state index >= 15 is 0 Å². The molecular weight excluding hydrogens is 255 g/mol. The van der Waals surface area contributed by atoms with Gasteiger partial charge in [0.25, 0.3) is 0 Å². The molecule has 0 bridgehead atoms. The normalized spacial score (nSPS) is 21.9. The lowest BCUT2D eigenvalue weighted by molar-refractivity contribution is -0.144. The summed E-state index contributed by atoms with van der Waals surface area (Å²) in [4.78, 5) is 0. The molecule has 0 spiro atoms. The van der Waals surface area contributed by atoms with Gasteiger partial charge in [0.15, 0.2) is 0 Å². The highest BCUT2D eigenvalue weighted by atomic mass is 19.4. The third-order valence-corrected chi connectivity index (χ3v) is 4.08. The SMILES string of the molecule is CCOC1(C(CCC(F)(F)F)NC)CCCCCC1. The Balaban J connectivity index is 2.74. The zero-order valence-electron chi connectivity index (χ0n) is 12.0. The van der Waals surface area contributed by atoms with E-state index in [2.05, 4.69) is 5.32 Å². The number of hydrogen-bond acceptors (Lipinski definition) is 2. The van der Waals surface area contributed by atoms with E-state index < -0.39 is 18.2 Å². The molecule has 2 nitrogen and oxygen atoms in total. The van der Waals surface area contributed by atoms with Gasteiger partial charge >= 0.3 is 6.18 Å². The van der Waals surface area contributed by atoms with Crippen LogP contribution in [0.3, 0.4) is 0 Å². The highest BCUT2D eigenvalue weighted by Gasteiger charge is 2.40. The van der Waals surface area contributed by atoms with E-state index in [-0.39, 0.29) is 12.5 Å². The third kappa shape index (κ3) is 5.30. The van der Waals surface area contributed by atoms with Crippen molar-refractivity contribution in [3.63, 3.8) is 0 Å². The van der Waals surface area contributed by atoms with E-state index in [9.17, 15) is 13.2 Å². The van der Waals surface area contributed by atoms with Gasteiger partial charge < -0.3 is 10.1 Å². The van der Waals surface area contributed by atoms with E-state index in [1.807, 2.05) is 6.92 Å². The van der Waals surface area contributed by atoms with Gasteiger partial charge in [-0.25, -0.2) is 0 Å². The first-order chi connectivity index (χ1) is 8.93. The summed E-state index contributed by atoms with van der Waals surface area (Å²) in [6.45, 7) is 2.48. The fraction of sp³-hybridized carbons (Fsp3) is 1.00. The van der Waals surface area contributed by atoms with Gasteiger partial charge in [0, 0.05) is 19.1 Å². The summed E-state index contributed by atoms with van der Waals surface area (Å²) in [6.07, 6.45) is 1.40. The second-order valence-electron chi connectivity index (χ2n) is 5.41. The van der Waals surface area contributed by atoms with Crippen molar-refractivity contribution >= 4 is 0 Å². The Morgan fingerprint density at radius 2 is 1.74 bits per heavy atom. The van der Waals surface area contributed by atoms with Crippen molar-refractivity contribution in [1.29, 1.82) is 0 Å². The van der Waals surface area contributed by atoms with Crippen LogP contribution in [0, 0.1) is 0 Å². The Morgan fingerprint density at radius 1 is 1.16 bits per heavy atom. The molecule has 0 aromatic carbocycles. The van der Waals surface area contributed by atoms with Gasteiger partial charge in [-0.15, -0.1) is 0 Å². The molecule has 1 atom stereocenters. The number of alkyl halides is 3. The van der Waals surface area contributed by atoms with Crippen LogP contribution < -0.4 is 5.32 Å². The average Bonchev–Trinajstić information content (AvgIpc) is 2.55. The zero-order valence-corrected chi connectivity index (χ0v) is 12.0. The molecule has 5 heteroatoms. The first-order valence-corrected chi connectivity index (χ1v) is 7.31. The summed E-state index contributed by atoms with van der Waals surface area (Å²) in [5.74, 6) is 0. The first-order valence-electron chi connectivity index (χ1n) is 7.31. The molecule has 1 fully saturated rings. The minimum absolute atomic E-state index is 0.0972. The Labute approximate surface area is 114 Å². The van der Waals surface area contributed by atoms with Gasteiger partial charge in [0.05, 0.1) is 5.60 Å². The molecule has 0 aliphatic heterocycles. The maximum absolute atomic E-state index is 12.4. The molecule has 0 aromatic rings. The lowest BCUT2D eigenvalue weighted by atomic mass is 9.83. The van der Waals surface area contributed by atoms with E-state index in [4.69, 9.17) is 4.74 Å². The summed E-state index contributed by atoms with van der Waals surface area (Å²) in [5.41, 5.74) is -0.411. The molecule has 1 rings (SSSR count). The quantitative estimate of drug-likeness (QED) is 0.742.